The van der Waals surface area contributed by atoms with Gasteiger partial charge in [-0.3, -0.25) is 9.59 Å². The third-order valence-electron chi connectivity index (χ3n) is 11.5. The summed E-state index contributed by atoms with van der Waals surface area (Å²) in [5.74, 6) is -0.259. The van der Waals surface area contributed by atoms with Crippen LogP contribution >= 0.6 is 0 Å². The fourth-order valence-electron chi connectivity index (χ4n) is 9.34. The zero-order valence-corrected chi connectivity index (χ0v) is 27.3. The van der Waals surface area contributed by atoms with E-state index in [1.165, 1.54) is 0 Å². The van der Waals surface area contributed by atoms with Crippen molar-refractivity contribution in [3.05, 3.63) is 0 Å². The maximum absolute atomic E-state index is 12.4. The monoisotopic (exact) mass is 594 g/mol. The first-order valence-corrected chi connectivity index (χ1v) is 16.3. The Morgan fingerprint density at radius 1 is 1.00 bits per heavy atom. The van der Waals surface area contributed by atoms with Gasteiger partial charge in [0.05, 0.1) is 40.7 Å². The van der Waals surface area contributed by atoms with Crippen LogP contribution in [0, 0.1) is 46.3 Å². The van der Waals surface area contributed by atoms with Crippen molar-refractivity contribution in [3.63, 3.8) is 0 Å². The van der Waals surface area contributed by atoms with E-state index in [4.69, 9.17) is 0 Å². The van der Waals surface area contributed by atoms with Gasteiger partial charge in [-0.25, -0.2) is 8.42 Å². The van der Waals surface area contributed by atoms with Crippen LogP contribution in [0.3, 0.4) is 0 Å². The van der Waals surface area contributed by atoms with Crippen molar-refractivity contribution >= 4 is 21.9 Å². The fraction of sp³-hybridized carbons (Fsp3) is 0.929. The summed E-state index contributed by atoms with van der Waals surface area (Å²) in [7, 11) is -4.41. The maximum Gasteiger partial charge on any atom is 1.00 e. The molecule has 0 aromatic heterocycles. The van der Waals surface area contributed by atoms with Crippen LogP contribution in [0.4, 0.5) is 0 Å². The van der Waals surface area contributed by atoms with E-state index in [9.17, 15) is 37.9 Å². The molecule has 4 rings (SSSR count). The molecule has 4 aliphatic carbocycles. The zero-order chi connectivity index (χ0) is 28.8. The number of aliphatic hydroxyl groups excluding tert-OH is 3. The van der Waals surface area contributed by atoms with Gasteiger partial charge in [0, 0.05) is 13.0 Å². The minimum absolute atomic E-state index is 0. The Labute approximate surface area is 260 Å². The molecule has 4 saturated carbocycles. The van der Waals surface area contributed by atoms with Gasteiger partial charge in [-0.05, 0) is 97.7 Å². The minimum Gasteiger partial charge on any atom is -0.748 e. The third kappa shape index (κ3) is 6.93. The molecule has 0 aromatic carbocycles. The van der Waals surface area contributed by atoms with Gasteiger partial charge in [-0.15, -0.1) is 0 Å². The van der Waals surface area contributed by atoms with Crippen LogP contribution in [0.25, 0.3) is 0 Å². The zero-order valence-electron chi connectivity index (χ0n) is 24.5. The molecular formula is C28H47N2NaO8S. The maximum atomic E-state index is 12.4. The number of rotatable bonds is 9. The first-order chi connectivity index (χ1) is 18.2. The normalized spacial score (nSPS) is 41.5. The summed E-state index contributed by atoms with van der Waals surface area (Å²) < 4.78 is 31.9. The Kier molecular flexibility index (Phi) is 11.3. The molecular weight excluding hydrogens is 547 g/mol. The molecule has 10 nitrogen and oxygen atoms in total. The summed E-state index contributed by atoms with van der Waals surface area (Å²) in [5, 5.41) is 38.2. The molecule has 0 aliphatic heterocycles. The second kappa shape index (κ2) is 13.2. The number of aliphatic hydroxyl groups is 3. The molecule has 40 heavy (non-hydrogen) atoms. The van der Waals surface area contributed by atoms with Crippen LogP contribution in [-0.4, -0.2) is 77.3 Å². The summed E-state index contributed by atoms with van der Waals surface area (Å²) in [6.45, 7) is 6.05. The van der Waals surface area contributed by atoms with Crippen LogP contribution in [0.15, 0.2) is 0 Å². The molecule has 224 valence electrons. The van der Waals surface area contributed by atoms with Crippen molar-refractivity contribution in [1.82, 2.24) is 10.6 Å². The van der Waals surface area contributed by atoms with Crippen molar-refractivity contribution in [3.8, 4) is 0 Å². The smallest absolute Gasteiger partial charge is 0.748 e. The van der Waals surface area contributed by atoms with Crippen molar-refractivity contribution in [2.45, 2.75) is 96.9 Å². The standard InChI is InChI=1S/C28H48N2O8S.Na/c1-16(4-7-24(34)30-15-25(35)29-10-11-39(36,37)38)19-5-6-20-26-21(14-23(33)28(19,20)3)27(2)9-8-18(31)12-17(27)13-22(26)32;/h16-23,26,31-33H,4-15H2,1-3H3,(H,29,35)(H,30,34)(H,36,37,38);/q;+1/p-1. The van der Waals surface area contributed by atoms with E-state index in [1.54, 1.807) is 0 Å². The molecule has 0 heterocycles. The summed E-state index contributed by atoms with van der Waals surface area (Å²) in [6.07, 6.45) is 5.39. The van der Waals surface area contributed by atoms with E-state index in [2.05, 4.69) is 31.4 Å². The number of carbonyl (C=O) groups is 2. The van der Waals surface area contributed by atoms with E-state index >= 15 is 0 Å². The number of amides is 2. The Bertz CT molecular complexity index is 1030. The Morgan fingerprint density at radius 2 is 1.70 bits per heavy atom. The van der Waals surface area contributed by atoms with Crippen LogP contribution in [-0.2, 0) is 19.7 Å². The van der Waals surface area contributed by atoms with E-state index in [0.717, 1.165) is 38.5 Å². The second-order valence-corrected chi connectivity index (χ2v) is 15.0. The average molecular weight is 595 g/mol. The average Bonchev–Trinajstić information content (AvgIpc) is 3.20. The van der Waals surface area contributed by atoms with Gasteiger partial charge < -0.3 is 30.5 Å². The van der Waals surface area contributed by atoms with E-state index in [-0.39, 0.29) is 107 Å². The molecule has 0 spiro atoms. The van der Waals surface area contributed by atoms with Crippen LogP contribution < -0.4 is 40.2 Å². The molecule has 5 N–H and O–H groups in total. The van der Waals surface area contributed by atoms with Crippen LogP contribution in [0.1, 0.15) is 78.6 Å². The summed E-state index contributed by atoms with van der Waals surface area (Å²) in [4.78, 5) is 24.2. The number of nitrogens with one attached hydrogen (secondary N) is 2. The van der Waals surface area contributed by atoms with Gasteiger partial charge in [-0.1, -0.05) is 20.8 Å². The molecule has 11 atom stereocenters. The quantitative estimate of drug-likeness (QED) is 0.153. The van der Waals surface area contributed by atoms with Crippen molar-refractivity contribution < 1.29 is 67.4 Å². The van der Waals surface area contributed by atoms with Gasteiger partial charge >= 0.3 is 29.6 Å². The number of hydrogen-bond donors (Lipinski definition) is 5. The Balaban J connectivity index is 0.00000441. The molecule has 2 amide bonds. The predicted octanol–water partition coefficient (Wildman–Crippen LogP) is -1.85. The van der Waals surface area contributed by atoms with Crippen molar-refractivity contribution in [2.24, 2.45) is 46.3 Å². The molecule has 0 bridgehead atoms. The Hall–Kier alpha value is -0.270. The molecule has 4 aliphatic rings. The van der Waals surface area contributed by atoms with Crippen LogP contribution in [0.5, 0.6) is 0 Å². The van der Waals surface area contributed by atoms with E-state index in [1.807, 2.05) is 0 Å². The van der Waals surface area contributed by atoms with Gasteiger partial charge in [0.25, 0.3) is 0 Å². The number of carbonyl (C=O) groups excluding carboxylic acids is 2. The summed E-state index contributed by atoms with van der Waals surface area (Å²) >= 11 is 0. The van der Waals surface area contributed by atoms with Gasteiger partial charge in [-0.2, -0.15) is 0 Å². The summed E-state index contributed by atoms with van der Waals surface area (Å²) in [6, 6.07) is 0. The SMILES string of the molecule is CC(CCC(=O)NCC(=O)NCCS(=O)(=O)[O-])C1CCC2C3C(O)CC4CC(O)CCC4(C)C3CC(O)C12C.[Na+]. The van der Waals surface area contributed by atoms with Crippen molar-refractivity contribution in [1.29, 1.82) is 0 Å². The molecule has 11 unspecified atom stereocenters. The molecule has 0 radical (unpaired) electrons. The largest absolute Gasteiger partial charge is 1.00 e. The minimum atomic E-state index is -4.41. The summed E-state index contributed by atoms with van der Waals surface area (Å²) in [5.41, 5.74) is -0.306. The fourth-order valence-corrected chi connectivity index (χ4v) is 9.69. The van der Waals surface area contributed by atoms with Crippen molar-refractivity contribution in [2.75, 3.05) is 18.8 Å². The van der Waals surface area contributed by atoms with E-state index < -0.39 is 34.0 Å². The van der Waals surface area contributed by atoms with E-state index in [0.29, 0.717) is 12.8 Å². The van der Waals surface area contributed by atoms with Crippen LogP contribution in [0.2, 0.25) is 0 Å². The second-order valence-electron chi connectivity index (χ2n) is 13.4. The topological polar surface area (TPSA) is 176 Å². The first-order valence-electron chi connectivity index (χ1n) is 14.7. The molecule has 0 saturated heterocycles. The van der Waals surface area contributed by atoms with Gasteiger partial charge in [0.2, 0.25) is 11.8 Å². The molecule has 0 aromatic rings. The van der Waals surface area contributed by atoms with Gasteiger partial charge in [0.15, 0.2) is 0 Å². The predicted molar refractivity (Wildman–Crippen MR) is 143 cm³/mol. The Morgan fingerprint density at radius 3 is 2.38 bits per heavy atom. The number of hydrogen-bond acceptors (Lipinski definition) is 8. The molecule has 4 fully saturated rings. The van der Waals surface area contributed by atoms with Gasteiger partial charge in [0.1, 0.15) is 0 Å². The number of fused-ring (bicyclic) bond motifs is 5. The first kappa shape index (κ1) is 34.2. The third-order valence-corrected chi connectivity index (χ3v) is 12.2. The molecule has 12 heteroatoms.